The van der Waals surface area contributed by atoms with Crippen molar-refractivity contribution in [2.75, 3.05) is 19.9 Å². The van der Waals surface area contributed by atoms with Crippen molar-refractivity contribution in [3.8, 4) is 5.75 Å². The van der Waals surface area contributed by atoms with Gasteiger partial charge in [0.15, 0.2) is 0 Å². The average Bonchev–Trinajstić information content (AvgIpc) is 2.38. The van der Waals surface area contributed by atoms with Gasteiger partial charge in [0, 0.05) is 10.9 Å². The highest BCUT2D eigenvalue weighted by atomic mass is 32.2. The normalized spacial score (nSPS) is 12.4. The van der Waals surface area contributed by atoms with Gasteiger partial charge in [-0.05, 0) is 56.8 Å². The van der Waals surface area contributed by atoms with E-state index in [1.54, 1.807) is 7.11 Å². The Bertz CT molecular complexity index is 300. The molecule has 0 aromatic heterocycles. The largest absolute Gasteiger partial charge is 0.497 e. The van der Waals surface area contributed by atoms with Gasteiger partial charge in [0.1, 0.15) is 5.75 Å². The molecule has 0 amide bonds. The van der Waals surface area contributed by atoms with E-state index in [2.05, 4.69) is 24.4 Å². The van der Waals surface area contributed by atoms with E-state index in [1.807, 2.05) is 30.9 Å². The standard InChI is InChI=1S/C14H23NOS/c1-12(15-2)6-4-5-11-17-14-9-7-13(16-3)8-10-14/h7-10,12,15H,4-6,11H2,1-3H3. The van der Waals surface area contributed by atoms with Crippen LogP contribution in [0.3, 0.4) is 0 Å². The van der Waals surface area contributed by atoms with Crippen LogP contribution in [0.25, 0.3) is 0 Å². The summed E-state index contributed by atoms with van der Waals surface area (Å²) in [6.45, 7) is 2.23. The predicted octanol–water partition coefficient (Wildman–Crippen LogP) is 3.57. The van der Waals surface area contributed by atoms with Crippen LogP contribution >= 0.6 is 11.8 Å². The lowest BCUT2D eigenvalue weighted by Crippen LogP contribution is -2.20. The molecule has 0 radical (unpaired) electrons. The molecule has 0 spiro atoms. The molecular formula is C14H23NOS. The summed E-state index contributed by atoms with van der Waals surface area (Å²) in [6.07, 6.45) is 3.84. The zero-order chi connectivity index (χ0) is 12.5. The number of benzene rings is 1. The highest BCUT2D eigenvalue weighted by molar-refractivity contribution is 7.99. The molecule has 1 aromatic rings. The number of unbranched alkanes of at least 4 members (excludes halogenated alkanes) is 1. The molecule has 0 fully saturated rings. The second-order valence-corrected chi connectivity index (χ2v) is 5.38. The predicted molar refractivity (Wildman–Crippen MR) is 76.1 cm³/mol. The molecule has 1 unspecified atom stereocenters. The first-order valence-electron chi connectivity index (χ1n) is 6.20. The Kier molecular flexibility index (Phi) is 7.13. The zero-order valence-corrected chi connectivity index (χ0v) is 11.8. The monoisotopic (exact) mass is 253 g/mol. The van der Waals surface area contributed by atoms with Crippen molar-refractivity contribution in [2.45, 2.75) is 37.1 Å². The first-order chi connectivity index (χ1) is 8.26. The van der Waals surface area contributed by atoms with Gasteiger partial charge in [0.2, 0.25) is 0 Å². The van der Waals surface area contributed by atoms with E-state index in [1.165, 1.54) is 29.9 Å². The third-order valence-corrected chi connectivity index (χ3v) is 3.95. The molecule has 3 heteroatoms. The summed E-state index contributed by atoms with van der Waals surface area (Å²) in [5.74, 6) is 2.13. The first-order valence-corrected chi connectivity index (χ1v) is 7.19. The van der Waals surface area contributed by atoms with Crippen molar-refractivity contribution in [2.24, 2.45) is 0 Å². The highest BCUT2D eigenvalue weighted by Gasteiger charge is 1.99. The molecule has 0 aliphatic heterocycles. The van der Waals surface area contributed by atoms with Crippen LogP contribution in [0.4, 0.5) is 0 Å². The molecule has 17 heavy (non-hydrogen) atoms. The summed E-state index contributed by atoms with van der Waals surface area (Å²) in [5, 5.41) is 3.27. The Morgan fingerprint density at radius 1 is 1.24 bits per heavy atom. The summed E-state index contributed by atoms with van der Waals surface area (Å²) in [5.41, 5.74) is 0. The number of ether oxygens (including phenoxy) is 1. The van der Waals surface area contributed by atoms with E-state index in [9.17, 15) is 0 Å². The molecule has 0 saturated heterocycles. The van der Waals surface area contributed by atoms with Gasteiger partial charge in [-0.1, -0.05) is 6.42 Å². The third kappa shape index (κ3) is 5.99. The molecule has 1 rings (SSSR count). The van der Waals surface area contributed by atoms with E-state index in [0.29, 0.717) is 6.04 Å². The SMILES string of the molecule is CNC(C)CCCCSc1ccc(OC)cc1. The third-order valence-electron chi connectivity index (χ3n) is 2.85. The van der Waals surface area contributed by atoms with E-state index in [-0.39, 0.29) is 0 Å². The molecule has 2 nitrogen and oxygen atoms in total. The molecule has 0 heterocycles. The van der Waals surface area contributed by atoms with E-state index < -0.39 is 0 Å². The van der Waals surface area contributed by atoms with Crippen LogP contribution in [0.5, 0.6) is 5.75 Å². The molecule has 0 aliphatic rings. The van der Waals surface area contributed by atoms with Crippen LogP contribution in [-0.2, 0) is 0 Å². The van der Waals surface area contributed by atoms with Crippen molar-refractivity contribution >= 4 is 11.8 Å². The zero-order valence-electron chi connectivity index (χ0n) is 11.0. The smallest absolute Gasteiger partial charge is 0.118 e. The highest BCUT2D eigenvalue weighted by Crippen LogP contribution is 2.22. The summed E-state index contributed by atoms with van der Waals surface area (Å²) >= 11 is 1.92. The minimum Gasteiger partial charge on any atom is -0.497 e. The Hall–Kier alpha value is -0.670. The maximum atomic E-state index is 5.13. The van der Waals surface area contributed by atoms with Crippen LogP contribution in [-0.4, -0.2) is 26.0 Å². The topological polar surface area (TPSA) is 21.3 Å². The molecule has 1 N–H and O–H groups in total. The Morgan fingerprint density at radius 3 is 2.53 bits per heavy atom. The van der Waals surface area contributed by atoms with E-state index in [4.69, 9.17) is 4.74 Å². The van der Waals surface area contributed by atoms with Crippen LogP contribution < -0.4 is 10.1 Å². The maximum Gasteiger partial charge on any atom is 0.118 e. The van der Waals surface area contributed by atoms with Gasteiger partial charge >= 0.3 is 0 Å². The maximum absolute atomic E-state index is 5.13. The van der Waals surface area contributed by atoms with Crippen LogP contribution in [0.2, 0.25) is 0 Å². The van der Waals surface area contributed by atoms with Crippen molar-refractivity contribution in [1.82, 2.24) is 5.32 Å². The number of thioether (sulfide) groups is 1. The van der Waals surface area contributed by atoms with Gasteiger partial charge in [-0.15, -0.1) is 11.8 Å². The number of rotatable bonds is 8. The fraction of sp³-hybridized carbons (Fsp3) is 0.571. The quantitative estimate of drug-likeness (QED) is 0.565. The summed E-state index contributed by atoms with van der Waals surface area (Å²) in [7, 11) is 3.72. The Balaban J connectivity index is 2.13. The van der Waals surface area contributed by atoms with Crippen molar-refractivity contribution < 1.29 is 4.74 Å². The lowest BCUT2D eigenvalue weighted by Gasteiger charge is -2.09. The summed E-state index contributed by atoms with van der Waals surface area (Å²) in [4.78, 5) is 1.33. The minimum absolute atomic E-state index is 0.640. The second-order valence-electron chi connectivity index (χ2n) is 4.21. The molecule has 96 valence electrons. The molecular weight excluding hydrogens is 230 g/mol. The van der Waals surface area contributed by atoms with Gasteiger partial charge in [0.25, 0.3) is 0 Å². The van der Waals surface area contributed by atoms with Crippen LogP contribution in [0.1, 0.15) is 26.2 Å². The fourth-order valence-corrected chi connectivity index (χ4v) is 2.47. The first kappa shape index (κ1) is 14.4. The van der Waals surface area contributed by atoms with Crippen molar-refractivity contribution in [1.29, 1.82) is 0 Å². The summed E-state index contributed by atoms with van der Waals surface area (Å²) in [6, 6.07) is 8.93. The van der Waals surface area contributed by atoms with Gasteiger partial charge in [-0.3, -0.25) is 0 Å². The van der Waals surface area contributed by atoms with Gasteiger partial charge in [0.05, 0.1) is 7.11 Å². The number of hydrogen-bond acceptors (Lipinski definition) is 3. The van der Waals surface area contributed by atoms with Gasteiger partial charge < -0.3 is 10.1 Å². The van der Waals surface area contributed by atoms with Crippen molar-refractivity contribution in [3.05, 3.63) is 24.3 Å². The number of hydrogen-bond donors (Lipinski definition) is 1. The second kappa shape index (κ2) is 8.43. The molecule has 0 bridgehead atoms. The Morgan fingerprint density at radius 2 is 1.94 bits per heavy atom. The Labute approximate surface area is 109 Å². The van der Waals surface area contributed by atoms with Crippen molar-refractivity contribution in [3.63, 3.8) is 0 Å². The van der Waals surface area contributed by atoms with Gasteiger partial charge in [-0.25, -0.2) is 0 Å². The van der Waals surface area contributed by atoms with Crippen LogP contribution in [0.15, 0.2) is 29.2 Å². The van der Waals surface area contributed by atoms with Gasteiger partial charge in [-0.2, -0.15) is 0 Å². The number of methoxy groups -OCH3 is 1. The molecule has 0 aliphatic carbocycles. The van der Waals surface area contributed by atoms with E-state index in [0.717, 1.165) is 5.75 Å². The lowest BCUT2D eigenvalue weighted by atomic mass is 10.1. The van der Waals surface area contributed by atoms with E-state index >= 15 is 0 Å². The lowest BCUT2D eigenvalue weighted by molar-refractivity contribution is 0.414. The molecule has 1 atom stereocenters. The summed E-state index contributed by atoms with van der Waals surface area (Å²) < 4.78 is 5.13. The minimum atomic E-state index is 0.640. The molecule has 0 saturated carbocycles. The average molecular weight is 253 g/mol. The molecule has 1 aromatic carbocycles. The number of nitrogens with one attached hydrogen (secondary N) is 1. The van der Waals surface area contributed by atoms with Crippen LogP contribution in [0, 0.1) is 0 Å². The fourth-order valence-electron chi connectivity index (χ4n) is 1.56.